The molecule has 0 aliphatic rings. The fraction of sp³-hybridized carbons (Fsp3) is 0.842. The lowest BCUT2D eigenvalue weighted by Crippen LogP contribution is -2.09. The normalized spacial score (nSPS) is 11.6. The molecule has 0 radical (unpaired) electrons. The van der Waals surface area contributed by atoms with Gasteiger partial charge in [0.15, 0.2) is 0 Å². The zero-order valence-corrected chi connectivity index (χ0v) is 20.9. The second-order valence-corrected chi connectivity index (χ2v) is 16.2. The monoisotopic (exact) mass is 482 g/mol. The second kappa shape index (κ2) is 15.6. The molecule has 0 heterocycles. The van der Waals surface area contributed by atoms with Gasteiger partial charge in [-0.15, -0.1) is 0 Å². The van der Waals surface area contributed by atoms with Gasteiger partial charge in [0.25, 0.3) is 0 Å². The first-order chi connectivity index (χ1) is 11.3. The van der Waals surface area contributed by atoms with Gasteiger partial charge in [-0.2, -0.15) is 0 Å². The fourth-order valence-electron chi connectivity index (χ4n) is 2.59. The molecule has 0 rings (SSSR count). The number of carbonyl (C=O) groups is 1. The van der Waals surface area contributed by atoms with Crippen LogP contribution in [0.3, 0.4) is 0 Å². The highest BCUT2D eigenvalue weighted by Gasteiger charge is 2.13. The number of hydrogen-bond acceptors (Lipinski definition) is 2. The Hall–Kier alpha value is 0.387. The molecular weight excluding hydrogens is 448 g/mol. The van der Waals surface area contributed by atoms with Crippen molar-refractivity contribution in [1.29, 1.82) is 0 Å². The van der Waals surface area contributed by atoms with E-state index in [4.69, 9.17) is 4.74 Å². The van der Waals surface area contributed by atoms with Crippen LogP contribution >= 0.6 is 31.9 Å². The Morgan fingerprint density at radius 1 is 0.875 bits per heavy atom. The van der Waals surface area contributed by atoms with E-state index in [1.807, 2.05) is 0 Å². The summed E-state index contributed by atoms with van der Waals surface area (Å²) in [5, 5.41) is 0. The van der Waals surface area contributed by atoms with E-state index in [1.54, 1.807) is 6.92 Å². The van der Waals surface area contributed by atoms with Crippen LogP contribution in [0.2, 0.25) is 0 Å². The van der Waals surface area contributed by atoms with Gasteiger partial charge < -0.3 is 4.74 Å². The van der Waals surface area contributed by atoms with Gasteiger partial charge >= 0.3 is 5.97 Å². The molecule has 0 aliphatic carbocycles. The van der Waals surface area contributed by atoms with Crippen molar-refractivity contribution < 1.29 is 9.53 Å². The van der Waals surface area contributed by atoms with Crippen LogP contribution in [0.1, 0.15) is 90.4 Å². The molecule has 0 amide bonds. The van der Waals surface area contributed by atoms with Gasteiger partial charge in [0.05, 0.1) is 9.46 Å². The van der Waals surface area contributed by atoms with Gasteiger partial charge in [0.1, 0.15) is 0 Å². The Kier molecular flexibility index (Phi) is 15.9. The lowest BCUT2D eigenvalue weighted by molar-refractivity contribution is -0.139. The van der Waals surface area contributed by atoms with Crippen molar-refractivity contribution in [3.63, 3.8) is 0 Å². The van der Waals surface area contributed by atoms with E-state index in [-0.39, 0.29) is 8.83 Å². The molecule has 0 N–H and O–H groups in total. The first-order valence-electron chi connectivity index (χ1n) is 9.53. The summed E-state index contributed by atoms with van der Waals surface area (Å²) >= 11 is 7.36. The van der Waals surface area contributed by atoms with E-state index in [2.05, 4.69) is 38.4 Å². The molecule has 0 fully saturated rings. The van der Waals surface area contributed by atoms with Crippen molar-refractivity contribution in [3.05, 3.63) is 12.2 Å². The highest BCUT2D eigenvalue weighted by Crippen LogP contribution is 2.28. The van der Waals surface area contributed by atoms with E-state index >= 15 is 0 Å². The first-order valence-corrected chi connectivity index (χ1v) is 12.1. The Morgan fingerprint density at radius 3 is 1.62 bits per heavy atom. The topological polar surface area (TPSA) is 26.3 Å². The Morgan fingerprint density at radius 2 is 1.25 bits per heavy atom. The summed E-state index contributed by atoms with van der Waals surface area (Å²) in [5.74, 6) is -0.259. The number of halogens is 2. The average Bonchev–Trinajstić information content (AvgIpc) is 2.49. The third-order valence-electron chi connectivity index (χ3n) is 4.09. The molecule has 0 aliphatic heterocycles. The van der Waals surface area contributed by atoms with E-state index in [9.17, 15) is 4.79 Å². The number of rotatable bonds is 16. The molecule has 0 saturated heterocycles. The zero-order valence-electron chi connectivity index (χ0n) is 15.7. The summed E-state index contributed by atoms with van der Waals surface area (Å²) in [6.45, 7) is 5.80. The summed E-state index contributed by atoms with van der Waals surface area (Å²) < 4.78 is 5.35. The van der Waals surface area contributed by atoms with Gasteiger partial charge in [-0.3, -0.25) is 0 Å². The average molecular weight is 484 g/mol. The fourth-order valence-corrected chi connectivity index (χ4v) is 3.51. The maximum absolute atomic E-state index is 11.2. The summed E-state index contributed by atoms with van der Waals surface area (Å²) in [7, 11) is 1.16. The quantitative estimate of drug-likeness (QED) is 0.0885. The molecule has 24 heavy (non-hydrogen) atoms. The Balaban J connectivity index is 3.13. The molecule has 0 aromatic rings. The second-order valence-electron chi connectivity index (χ2n) is 6.98. The minimum absolute atomic E-state index is 0.259. The van der Waals surface area contributed by atoms with Gasteiger partial charge in [0.2, 0.25) is 0 Å². The minimum atomic E-state index is -0.259. The van der Waals surface area contributed by atoms with Crippen LogP contribution in [0.25, 0.3) is 0 Å². The predicted octanol–water partition coefficient (Wildman–Crippen LogP) is 5.99. The van der Waals surface area contributed by atoms with Crippen LogP contribution in [0.5, 0.6) is 0 Å². The van der Waals surface area contributed by atoms with Crippen molar-refractivity contribution >= 4 is 48.1 Å². The molecular formula is C19H36Br2O2Si. The molecule has 2 nitrogen and oxygen atoms in total. The molecule has 0 unspecified atom stereocenters. The molecule has 0 aromatic heterocycles. The van der Waals surface area contributed by atoms with Crippen molar-refractivity contribution in [2.75, 3.05) is 6.61 Å². The van der Waals surface area contributed by atoms with Crippen LogP contribution in [-0.4, -0.2) is 25.7 Å². The number of unbranched alkanes of at least 4 members (excludes halogenated alkanes) is 11. The zero-order chi connectivity index (χ0) is 18.3. The van der Waals surface area contributed by atoms with E-state index in [0.717, 1.165) is 23.1 Å². The van der Waals surface area contributed by atoms with Crippen LogP contribution in [0, 0.1) is 0 Å². The summed E-state index contributed by atoms with van der Waals surface area (Å²) in [5.41, 5.74) is 0.487. The molecule has 0 saturated carbocycles. The van der Waals surface area contributed by atoms with E-state index in [1.165, 1.54) is 70.6 Å². The molecule has 5 heteroatoms. The third-order valence-corrected chi connectivity index (χ3v) is 5.38. The van der Waals surface area contributed by atoms with Gasteiger partial charge in [-0.1, -0.05) is 109 Å². The first kappa shape index (κ1) is 24.4. The molecule has 0 spiro atoms. The summed E-state index contributed by atoms with van der Waals surface area (Å²) in [6, 6.07) is 0. The highest BCUT2D eigenvalue weighted by atomic mass is 79.9. The predicted molar refractivity (Wildman–Crippen MR) is 116 cm³/mol. The van der Waals surface area contributed by atoms with Crippen LogP contribution < -0.4 is 0 Å². The van der Waals surface area contributed by atoms with Gasteiger partial charge in [-0.05, 0) is 19.8 Å². The number of ether oxygens (including phenoxy) is 1. The van der Waals surface area contributed by atoms with Gasteiger partial charge in [-0.25, -0.2) is 4.79 Å². The highest BCUT2D eigenvalue weighted by molar-refractivity contribution is 9.26. The lowest BCUT2D eigenvalue weighted by atomic mass is 10.0. The summed E-state index contributed by atoms with van der Waals surface area (Å²) in [4.78, 5) is 11.2. The Labute approximate surface area is 169 Å². The van der Waals surface area contributed by atoms with Crippen LogP contribution in [0.15, 0.2) is 12.2 Å². The van der Waals surface area contributed by atoms with Gasteiger partial charge in [0, 0.05) is 15.8 Å². The van der Waals surface area contributed by atoms with E-state index < -0.39 is 0 Å². The minimum Gasteiger partial charge on any atom is -0.462 e. The third kappa shape index (κ3) is 18.7. The summed E-state index contributed by atoms with van der Waals surface area (Å²) in [6.07, 6.45) is 17.0. The number of carbonyl (C=O) groups excluding carboxylic acids is 1. The standard InChI is InChI=1S/C19H36Br2O2Si/c1-17(2)18(22)23-16-14-12-10-8-6-4-3-5-7-9-11-13-15-19(20,21)24/h1,3-16H2,2,24H3. The number of hydrogen-bond donors (Lipinski definition) is 0. The maximum Gasteiger partial charge on any atom is 0.333 e. The van der Waals surface area contributed by atoms with Crippen molar-refractivity contribution in [1.82, 2.24) is 0 Å². The van der Waals surface area contributed by atoms with Crippen LogP contribution in [0.4, 0.5) is 0 Å². The number of alkyl halides is 2. The van der Waals surface area contributed by atoms with E-state index in [0.29, 0.717) is 12.2 Å². The lowest BCUT2D eigenvalue weighted by Gasteiger charge is -2.13. The molecule has 0 bridgehead atoms. The van der Waals surface area contributed by atoms with Crippen molar-refractivity contribution in [2.45, 2.75) is 93.3 Å². The SMILES string of the molecule is C=C(C)C(=O)OCCCCCCCCCCCCCCC([SiH3])(Br)Br. The molecule has 142 valence electrons. The molecule has 0 atom stereocenters. The largest absolute Gasteiger partial charge is 0.462 e. The smallest absolute Gasteiger partial charge is 0.333 e. The number of esters is 1. The Bertz CT molecular complexity index is 341. The van der Waals surface area contributed by atoms with Crippen molar-refractivity contribution in [2.24, 2.45) is 0 Å². The van der Waals surface area contributed by atoms with Crippen molar-refractivity contribution in [3.8, 4) is 0 Å². The van der Waals surface area contributed by atoms with Crippen LogP contribution in [-0.2, 0) is 9.53 Å². The molecule has 0 aromatic carbocycles. The maximum atomic E-state index is 11.2.